The summed E-state index contributed by atoms with van der Waals surface area (Å²) >= 11 is 0. The van der Waals surface area contributed by atoms with E-state index >= 15 is 0 Å². The van der Waals surface area contributed by atoms with E-state index in [-0.39, 0.29) is 11.7 Å². The van der Waals surface area contributed by atoms with Crippen LogP contribution in [0.3, 0.4) is 0 Å². The maximum absolute atomic E-state index is 13.8. The third-order valence-electron chi connectivity index (χ3n) is 5.31. The molecule has 1 aliphatic heterocycles. The van der Waals surface area contributed by atoms with E-state index in [4.69, 9.17) is 14.8 Å². The Bertz CT molecular complexity index is 1060. The largest absolute Gasteiger partial charge is 0.497 e. The summed E-state index contributed by atoms with van der Waals surface area (Å²) in [6, 6.07) is 13.1. The van der Waals surface area contributed by atoms with Crippen LogP contribution in [0, 0.1) is 22.1 Å². The van der Waals surface area contributed by atoms with Crippen LogP contribution < -0.4 is 14.8 Å². The molecule has 1 aromatic heterocycles. The van der Waals surface area contributed by atoms with E-state index in [1.807, 2.05) is 30.5 Å². The summed E-state index contributed by atoms with van der Waals surface area (Å²) in [6.45, 7) is 0. The highest BCUT2D eigenvalue weighted by Gasteiger charge is 2.21. The molecule has 1 fully saturated rings. The fourth-order valence-electron chi connectivity index (χ4n) is 3.71. The number of allylic oxidation sites excluding steroid dienone is 1. The molecule has 2 atom stereocenters. The highest BCUT2D eigenvalue weighted by molar-refractivity contribution is 7.88. The van der Waals surface area contributed by atoms with Crippen LogP contribution in [0.5, 0.6) is 5.75 Å². The molecule has 0 amide bonds. The Morgan fingerprint density at radius 1 is 1.38 bits per heavy atom. The number of halogens is 1. The van der Waals surface area contributed by atoms with E-state index in [1.54, 1.807) is 20.2 Å². The Morgan fingerprint density at radius 2 is 2.16 bits per heavy atom. The topological polar surface area (TPSA) is 93.8 Å². The lowest BCUT2D eigenvalue weighted by molar-refractivity contribution is 0.414. The highest BCUT2D eigenvalue weighted by Crippen LogP contribution is 2.28. The Morgan fingerprint density at radius 3 is 2.84 bits per heavy atom. The molecule has 2 aromatic rings. The number of nitriles is 1. The zero-order valence-corrected chi connectivity index (χ0v) is 19.1. The van der Waals surface area contributed by atoms with Crippen molar-refractivity contribution >= 4 is 17.0 Å². The number of hydrogen-bond donors (Lipinski definition) is 3. The zero-order chi connectivity index (χ0) is 22.9. The van der Waals surface area contributed by atoms with Crippen LogP contribution in [-0.4, -0.2) is 25.2 Å². The van der Waals surface area contributed by atoms with Crippen molar-refractivity contribution in [1.29, 1.82) is 10.0 Å². The summed E-state index contributed by atoms with van der Waals surface area (Å²) in [5.41, 5.74) is 2.87. The first-order valence-corrected chi connectivity index (χ1v) is 11.8. The number of aromatic nitrogens is 1. The monoisotopic (exact) mass is 453 g/mol. The minimum atomic E-state index is -0.904. The Hall–Kier alpha value is -3.02. The lowest BCUT2D eigenvalue weighted by Crippen LogP contribution is -2.29. The van der Waals surface area contributed by atoms with E-state index in [1.165, 1.54) is 11.6 Å². The summed E-state index contributed by atoms with van der Waals surface area (Å²) in [5.74, 6) is 0.180. The number of benzene rings is 1. The van der Waals surface area contributed by atoms with Gasteiger partial charge in [0.1, 0.15) is 17.5 Å². The maximum atomic E-state index is 13.8. The van der Waals surface area contributed by atoms with Crippen molar-refractivity contribution in [2.24, 2.45) is 0 Å². The second kappa shape index (κ2) is 11.6. The summed E-state index contributed by atoms with van der Waals surface area (Å²) < 4.78 is 31.1. The van der Waals surface area contributed by atoms with Crippen molar-refractivity contribution in [3.63, 3.8) is 0 Å². The van der Waals surface area contributed by atoms with Crippen LogP contribution in [0.1, 0.15) is 42.5 Å². The number of pyridine rings is 1. The van der Waals surface area contributed by atoms with Gasteiger partial charge < -0.3 is 10.1 Å². The fraction of sp³-hybridized carbons (Fsp3) is 0.333. The first-order valence-electron chi connectivity index (χ1n) is 10.5. The zero-order valence-electron chi connectivity index (χ0n) is 18.3. The first-order chi connectivity index (χ1) is 15.5. The molecule has 1 saturated heterocycles. The van der Waals surface area contributed by atoms with Crippen molar-refractivity contribution in [2.45, 2.75) is 38.1 Å². The van der Waals surface area contributed by atoms with Gasteiger partial charge in [0.15, 0.2) is 0 Å². The molecule has 1 aliphatic rings. The molecule has 1 aromatic carbocycles. The molecular formula is C24H28FN5OS. The molecular weight excluding hydrogens is 425 g/mol. The summed E-state index contributed by atoms with van der Waals surface area (Å²) in [5, 5.41) is 12.1. The lowest BCUT2D eigenvalue weighted by atomic mass is 9.98. The molecule has 8 heteroatoms. The van der Waals surface area contributed by atoms with Gasteiger partial charge in [-0.05, 0) is 77.9 Å². The number of nitrogens with one attached hydrogen (secondary N) is 3. The van der Waals surface area contributed by atoms with Gasteiger partial charge in [0, 0.05) is 25.4 Å². The lowest BCUT2D eigenvalue weighted by Gasteiger charge is -2.16. The number of methoxy groups -OCH3 is 1. The van der Waals surface area contributed by atoms with Gasteiger partial charge in [-0.2, -0.15) is 9.65 Å². The predicted octanol–water partition coefficient (Wildman–Crippen LogP) is 4.62. The average Bonchev–Trinajstić information content (AvgIpc) is 2.93. The minimum absolute atomic E-state index is 0.0454. The smallest absolute Gasteiger partial charge is 0.214 e. The molecule has 2 heterocycles. The van der Waals surface area contributed by atoms with Gasteiger partial charge in [0.05, 0.1) is 12.0 Å². The second-order valence-electron chi connectivity index (χ2n) is 7.59. The Labute approximate surface area is 191 Å². The molecule has 0 radical (unpaired) electrons. The Balaban J connectivity index is 1.70. The minimum Gasteiger partial charge on any atom is -0.497 e. The van der Waals surface area contributed by atoms with Crippen molar-refractivity contribution in [2.75, 3.05) is 14.2 Å². The molecule has 3 N–H and O–H groups in total. The number of rotatable bonds is 7. The molecule has 0 spiro atoms. The molecule has 168 valence electrons. The van der Waals surface area contributed by atoms with Gasteiger partial charge in [-0.15, -0.1) is 0 Å². The molecule has 3 rings (SSSR count). The van der Waals surface area contributed by atoms with Crippen molar-refractivity contribution in [3.05, 3.63) is 75.8 Å². The normalized spacial score (nSPS) is 21.2. The average molecular weight is 454 g/mol. The van der Waals surface area contributed by atoms with Crippen LogP contribution >= 0.6 is 0 Å². The molecule has 6 nitrogen and oxygen atoms in total. The van der Waals surface area contributed by atoms with Crippen LogP contribution in [0.2, 0.25) is 0 Å². The van der Waals surface area contributed by atoms with Gasteiger partial charge in [0.25, 0.3) is 0 Å². The SMILES string of the molecule is CNC=C1/C(=C/c2cc(F)nc(C#N)c2)CCC(CCCc2ccc(OC)cc2)NS1=N. The second-order valence-corrected chi connectivity index (χ2v) is 8.87. The molecule has 32 heavy (non-hydrogen) atoms. The van der Waals surface area contributed by atoms with Crippen molar-refractivity contribution in [1.82, 2.24) is 15.0 Å². The molecule has 0 bridgehead atoms. The van der Waals surface area contributed by atoms with Gasteiger partial charge >= 0.3 is 0 Å². The van der Waals surface area contributed by atoms with Gasteiger partial charge in [0.2, 0.25) is 5.95 Å². The fourth-order valence-corrected chi connectivity index (χ4v) is 5.06. The van der Waals surface area contributed by atoms with Crippen LogP contribution in [0.4, 0.5) is 4.39 Å². The maximum Gasteiger partial charge on any atom is 0.214 e. The van der Waals surface area contributed by atoms with Crippen LogP contribution in [0.15, 0.2) is 53.1 Å². The van der Waals surface area contributed by atoms with Crippen molar-refractivity contribution in [3.8, 4) is 11.8 Å². The van der Waals surface area contributed by atoms with E-state index in [0.29, 0.717) is 5.56 Å². The van der Waals surface area contributed by atoms with Gasteiger partial charge in [-0.3, -0.25) is 4.78 Å². The van der Waals surface area contributed by atoms with Crippen molar-refractivity contribution < 1.29 is 9.13 Å². The standard InChI is InChI=1S/C24H28FN5OS/c1-28-16-23-19(12-18-13-21(15-26)29-24(25)14-18)8-9-20(30-32(23)27)5-3-4-17-6-10-22(31-2)11-7-17/h6-7,10-14,16,20,28H,3-5,8-9H2,1-2H3,(H2,27,30)/b19-12+,23-16?. The third kappa shape index (κ3) is 6.49. The predicted molar refractivity (Wildman–Crippen MR) is 126 cm³/mol. The highest BCUT2D eigenvalue weighted by atomic mass is 32.2. The van der Waals surface area contributed by atoms with E-state index < -0.39 is 16.8 Å². The summed E-state index contributed by atoms with van der Waals surface area (Å²) in [4.78, 5) is 4.42. The Kier molecular flexibility index (Phi) is 8.54. The van der Waals surface area contributed by atoms with Gasteiger partial charge in [-0.25, -0.2) is 9.71 Å². The van der Waals surface area contributed by atoms with Gasteiger partial charge in [-0.1, -0.05) is 18.2 Å². The number of hydrogen-bond acceptors (Lipinski definition) is 5. The number of ether oxygens (including phenoxy) is 1. The van der Waals surface area contributed by atoms with E-state index in [2.05, 4.69) is 27.2 Å². The quantitative estimate of drug-likeness (QED) is 0.532. The summed E-state index contributed by atoms with van der Waals surface area (Å²) in [7, 11) is 2.56. The number of nitrogens with zero attached hydrogens (tertiary/aromatic N) is 2. The first kappa shape index (κ1) is 23.6. The third-order valence-corrected chi connectivity index (χ3v) is 6.70. The van der Waals surface area contributed by atoms with E-state index in [0.717, 1.165) is 48.3 Å². The summed E-state index contributed by atoms with van der Waals surface area (Å²) in [6.07, 6.45) is 8.31. The molecule has 0 saturated carbocycles. The van der Waals surface area contributed by atoms with Crippen LogP contribution in [0.25, 0.3) is 6.08 Å². The number of aryl methyl sites for hydroxylation is 1. The van der Waals surface area contributed by atoms with E-state index in [9.17, 15) is 4.39 Å². The molecule has 2 unspecified atom stereocenters. The molecule has 0 aliphatic carbocycles. The van der Waals surface area contributed by atoms with Crippen LogP contribution in [-0.2, 0) is 17.3 Å².